The Hall–Kier alpha value is -0.340. The topological polar surface area (TPSA) is 12.0 Å². The first-order chi connectivity index (χ1) is 7.18. The van der Waals surface area contributed by atoms with Crippen molar-refractivity contribution in [3.05, 3.63) is 33.8 Å². The normalized spacial score (nSPS) is 19.6. The molecule has 0 aliphatic heterocycles. The predicted octanol–water partition coefficient (Wildman–Crippen LogP) is 3.48. The largest absolute Gasteiger partial charge is 0.314 e. The van der Waals surface area contributed by atoms with Crippen molar-refractivity contribution in [3.63, 3.8) is 0 Å². The van der Waals surface area contributed by atoms with Gasteiger partial charge < -0.3 is 5.32 Å². The Morgan fingerprint density at radius 3 is 3.00 bits per heavy atom. The van der Waals surface area contributed by atoms with Crippen molar-refractivity contribution >= 4 is 15.9 Å². The lowest BCUT2D eigenvalue weighted by Gasteiger charge is -2.16. The Morgan fingerprint density at radius 2 is 2.27 bits per heavy atom. The molecule has 1 nitrogen and oxygen atoms in total. The van der Waals surface area contributed by atoms with Crippen LogP contribution in [0.15, 0.2) is 22.7 Å². The molecule has 0 aromatic heterocycles. The molecule has 15 heavy (non-hydrogen) atoms. The highest BCUT2D eigenvalue weighted by atomic mass is 79.9. The molecule has 0 heterocycles. The van der Waals surface area contributed by atoms with Crippen LogP contribution >= 0.6 is 15.9 Å². The van der Waals surface area contributed by atoms with Gasteiger partial charge in [0.2, 0.25) is 0 Å². The molecule has 1 aromatic rings. The van der Waals surface area contributed by atoms with Crippen LogP contribution in [0.2, 0.25) is 0 Å². The molecular weight excluding hydrogens is 250 g/mol. The Balaban J connectivity index is 2.13. The summed E-state index contributed by atoms with van der Waals surface area (Å²) in [7, 11) is 0. The Bertz CT molecular complexity index is 346. The summed E-state index contributed by atoms with van der Waals surface area (Å²) in [6.45, 7) is 5.51. The van der Waals surface area contributed by atoms with Gasteiger partial charge in [0.15, 0.2) is 0 Å². The van der Waals surface area contributed by atoms with Gasteiger partial charge in [0.05, 0.1) is 0 Å². The molecule has 82 valence electrons. The van der Waals surface area contributed by atoms with Gasteiger partial charge in [0.1, 0.15) is 0 Å². The lowest BCUT2D eigenvalue weighted by molar-refractivity contribution is 0.526. The SMILES string of the molecule is CC(C)NCC1CCc2cccc(Br)c21. The molecule has 0 spiro atoms. The highest BCUT2D eigenvalue weighted by Crippen LogP contribution is 2.37. The third-order valence-electron chi connectivity index (χ3n) is 3.09. The first-order valence-corrected chi connectivity index (χ1v) is 6.48. The smallest absolute Gasteiger partial charge is 0.0213 e. The molecule has 1 atom stereocenters. The van der Waals surface area contributed by atoms with E-state index in [1.54, 1.807) is 0 Å². The summed E-state index contributed by atoms with van der Waals surface area (Å²) in [5, 5.41) is 3.53. The Labute approximate surface area is 100 Å². The van der Waals surface area contributed by atoms with Crippen molar-refractivity contribution < 1.29 is 0 Å². The second-order valence-corrected chi connectivity index (χ2v) is 5.47. The van der Waals surface area contributed by atoms with Crippen LogP contribution in [0.5, 0.6) is 0 Å². The summed E-state index contributed by atoms with van der Waals surface area (Å²) in [5.74, 6) is 0.693. The van der Waals surface area contributed by atoms with E-state index in [-0.39, 0.29) is 0 Å². The summed E-state index contributed by atoms with van der Waals surface area (Å²) >= 11 is 3.67. The molecule has 0 bridgehead atoms. The molecule has 0 radical (unpaired) electrons. The zero-order valence-electron chi connectivity index (χ0n) is 9.39. The zero-order valence-corrected chi connectivity index (χ0v) is 11.0. The molecule has 2 rings (SSSR count). The molecule has 1 aromatic carbocycles. The highest BCUT2D eigenvalue weighted by Gasteiger charge is 2.24. The number of nitrogens with one attached hydrogen (secondary N) is 1. The average Bonchev–Trinajstić information content (AvgIpc) is 2.59. The Morgan fingerprint density at radius 1 is 1.47 bits per heavy atom. The molecule has 0 amide bonds. The van der Waals surface area contributed by atoms with Crippen LogP contribution in [0.1, 0.15) is 37.3 Å². The predicted molar refractivity (Wildman–Crippen MR) is 68.3 cm³/mol. The lowest BCUT2D eigenvalue weighted by Crippen LogP contribution is -2.27. The lowest BCUT2D eigenvalue weighted by atomic mass is 10.0. The van der Waals surface area contributed by atoms with E-state index >= 15 is 0 Å². The third kappa shape index (κ3) is 2.43. The minimum atomic E-state index is 0.580. The van der Waals surface area contributed by atoms with Crippen LogP contribution in [0, 0.1) is 0 Å². The zero-order chi connectivity index (χ0) is 10.8. The molecule has 1 aliphatic rings. The number of fused-ring (bicyclic) bond motifs is 1. The fourth-order valence-corrected chi connectivity index (χ4v) is 3.04. The van der Waals surface area contributed by atoms with E-state index in [2.05, 4.69) is 53.3 Å². The molecule has 0 saturated heterocycles. The van der Waals surface area contributed by atoms with Gasteiger partial charge in [-0.3, -0.25) is 0 Å². The minimum Gasteiger partial charge on any atom is -0.314 e. The van der Waals surface area contributed by atoms with E-state index in [1.165, 1.54) is 28.4 Å². The Kier molecular flexibility index (Phi) is 3.47. The maximum Gasteiger partial charge on any atom is 0.0213 e. The van der Waals surface area contributed by atoms with E-state index in [9.17, 15) is 0 Å². The molecule has 1 aliphatic carbocycles. The van der Waals surface area contributed by atoms with Crippen molar-refractivity contribution in [1.82, 2.24) is 5.32 Å². The maximum absolute atomic E-state index is 3.67. The van der Waals surface area contributed by atoms with Crippen molar-refractivity contribution in [1.29, 1.82) is 0 Å². The minimum absolute atomic E-state index is 0.580. The van der Waals surface area contributed by atoms with Gasteiger partial charge in [0.25, 0.3) is 0 Å². The number of benzene rings is 1. The van der Waals surface area contributed by atoms with Crippen molar-refractivity contribution in [3.8, 4) is 0 Å². The molecule has 2 heteroatoms. The van der Waals surface area contributed by atoms with Crippen molar-refractivity contribution in [2.24, 2.45) is 0 Å². The second-order valence-electron chi connectivity index (χ2n) is 4.61. The van der Waals surface area contributed by atoms with Crippen LogP contribution in [-0.4, -0.2) is 12.6 Å². The summed E-state index contributed by atoms with van der Waals surface area (Å²) in [6.07, 6.45) is 2.52. The third-order valence-corrected chi connectivity index (χ3v) is 3.78. The summed E-state index contributed by atoms with van der Waals surface area (Å²) in [6, 6.07) is 7.14. The first-order valence-electron chi connectivity index (χ1n) is 5.69. The van der Waals surface area contributed by atoms with Gasteiger partial charge in [-0.05, 0) is 36.0 Å². The first kappa shape index (κ1) is 11.2. The van der Waals surface area contributed by atoms with Gasteiger partial charge in [0, 0.05) is 17.1 Å². The van der Waals surface area contributed by atoms with E-state index in [4.69, 9.17) is 0 Å². The molecule has 0 saturated carbocycles. The van der Waals surface area contributed by atoms with Crippen LogP contribution in [0.3, 0.4) is 0 Å². The van der Waals surface area contributed by atoms with Gasteiger partial charge in [-0.1, -0.05) is 41.9 Å². The number of halogens is 1. The van der Waals surface area contributed by atoms with Crippen LogP contribution in [-0.2, 0) is 6.42 Å². The van der Waals surface area contributed by atoms with Gasteiger partial charge in [-0.15, -0.1) is 0 Å². The fourth-order valence-electron chi connectivity index (χ4n) is 2.31. The van der Waals surface area contributed by atoms with E-state index < -0.39 is 0 Å². The van der Waals surface area contributed by atoms with E-state index in [1.807, 2.05) is 0 Å². The van der Waals surface area contributed by atoms with Gasteiger partial charge >= 0.3 is 0 Å². The van der Waals surface area contributed by atoms with Crippen molar-refractivity contribution in [2.45, 2.75) is 38.6 Å². The molecule has 0 fully saturated rings. The van der Waals surface area contributed by atoms with Crippen LogP contribution in [0.25, 0.3) is 0 Å². The molecule has 1 unspecified atom stereocenters. The highest BCUT2D eigenvalue weighted by molar-refractivity contribution is 9.10. The standard InChI is InChI=1S/C13H18BrN/c1-9(2)15-8-11-7-6-10-4-3-5-12(14)13(10)11/h3-5,9,11,15H,6-8H2,1-2H3. The van der Waals surface area contributed by atoms with Gasteiger partial charge in [-0.25, -0.2) is 0 Å². The quantitative estimate of drug-likeness (QED) is 0.885. The fraction of sp³-hybridized carbons (Fsp3) is 0.538. The van der Waals surface area contributed by atoms with Crippen LogP contribution in [0.4, 0.5) is 0 Å². The van der Waals surface area contributed by atoms with E-state index in [0.717, 1.165) is 6.54 Å². The van der Waals surface area contributed by atoms with Crippen LogP contribution < -0.4 is 5.32 Å². The molecular formula is C13H18BrN. The number of hydrogen-bond acceptors (Lipinski definition) is 1. The van der Waals surface area contributed by atoms with E-state index in [0.29, 0.717) is 12.0 Å². The second kappa shape index (κ2) is 4.67. The average molecular weight is 268 g/mol. The summed E-state index contributed by atoms with van der Waals surface area (Å²) < 4.78 is 1.29. The monoisotopic (exact) mass is 267 g/mol. The van der Waals surface area contributed by atoms with Gasteiger partial charge in [-0.2, -0.15) is 0 Å². The maximum atomic E-state index is 3.67. The number of aryl methyl sites for hydroxylation is 1. The van der Waals surface area contributed by atoms with Crippen molar-refractivity contribution in [2.75, 3.05) is 6.54 Å². The molecule has 1 N–H and O–H groups in total. The number of rotatable bonds is 3. The summed E-state index contributed by atoms with van der Waals surface area (Å²) in [5.41, 5.74) is 3.06. The summed E-state index contributed by atoms with van der Waals surface area (Å²) in [4.78, 5) is 0. The number of hydrogen-bond donors (Lipinski definition) is 1.